The first-order valence-corrected chi connectivity index (χ1v) is 7.13. The van der Waals surface area contributed by atoms with Gasteiger partial charge in [-0.1, -0.05) is 37.0 Å². The molecule has 2 rings (SSSR count). The second-order valence-electron chi connectivity index (χ2n) is 4.68. The summed E-state index contributed by atoms with van der Waals surface area (Å²) in [6.07, 6.45) is 8.14. The minimum Gasteiger partial charge on any atom is -0.311 e. The van der Waals surface area contributed by atoms with Gasteiger partial charge in [-0.25, -0.2) is 0 Å². The Morgan fingerprint density at radius 3 is 2.50 bits per heavy atom. The Morgan fingerprint density at radius 2 is 1.88 bits per heavy atom. The van der Waals surface area contributed by atoms with Crippen LogP contribution in [0.5, 0.6) is 0 Å². The maximum absolute atomic E-state index is 4.38. The molecule has 0 amide bonds. The van der Waals surface area contributed by atoms with Crippen molar-refractivity contribution < 1.29 is 0 Å². The Hall–Kier alpha value is -0.480. The van der Waals surface area contributed by atoms with Gasteiger partial charge in [0.05, 0.1) is 6.04 Å². The zero-order valence-corrected chi connectivity index (χ0v) is 11.0. The van der Waals surface area contributed by atoms with Gasteiger partial charge in [-0.05, 0) is 26.8 Å². The lowest BCUT2D eigenvalue weighted by Gasteiger charge is -2.09. The summed E-state index contributed by atoms with van der Waals surface area (Å²) in [6, 6.07) is 0.331. The van der Waals surface area contributed by atoms with Crippen molar-refractivity contribution in [3.8, 4) is 0 Å². The molecule has 1 aliphatic carbocycles. The summed E-state index contributed by atoms with van der Waals surface area (Å²) in [6.45, 7) is 2.14. The average molecular weight is 239 g/mol. The summed E-state index contributed by atoms with van der Waals surface area (Å²) in [7, 11) is 1.97. The molecule has 4 heteroatoms. The van der Waals surface area contributed by atoms with Crippen molar-refractivity contribution in [2.75, 3.05) is 7.05 Å². The van der Waals surface area contributed by atoms with Crippen LogP contribution >= 0.6 is 11.3 Å². The van der Waals surface area contributed by atoms with Gasteiger partial charge in [0.2, 0.25) is 0 Å². The smallest absolute Gasteiger partial charge is 0.134 e. The number of hydrogen-bond acceptors (Lipinski definition) is 4. The summed E-state index contributed by atoms with van der Waals surface area (Å²) >= 11 is 1.80. The van der Waals surface area contributed by atoms with Crippen molar-refractivity contribution in [1.29, 1.82) is 0 Å². The molecule has 0 spiro atoms. The van der Waals surface area contributed by atoms with E-state index in [4.69, 9.17) is 0 Å². The molecule has 1 atom stereocenters. The van der Waals surface area contributed by atoms with Gasteiger partial charge in [0.1, 0.15) is 10.0 Å². The van der Waals surface area contributed by atoms with E-state index in [1.165, 1.54) is 43.5 Å². The largest absolute Gasteiger partial charge is 0.311 e. The van der Waals surface area contributed by atoms with Crippen LogP contribution in [0.3, 0.4) is 0 Å². The van der Waals surface area contributed by atoms with Crippen LogP contribution in [0.2, 0.25) is 0 Å². The lowest BCUT2D eigenvalue weighted by atomic mass is 10.0. The van der Waals surface area contributed by atoms with E-state index < -0.39 is 0 Å². The van der Waals surface area contributed by atoms with Crippen LogP contribution < -0.4 is 5.32 Å². The summed E-state index contributed by atoms with van der Waals surface area (Å²) < 4.78 is 0. The first-order valence-electron chi connectivity index (χ1n) is 6.32. The van der Waals surface area contributed by atoms with E-state index in [1.54, 1.807) is 11.3 Å². The average Bonchev–Trinajstić information content (AvgIpc) is 2.64. The second-order valence-corrected chi connectivity index (χ2v) is 5.72. The predicted octanol–water partition coefficient (Wildman–Crippen LogP) is 3.26. The predicted molar refractivity (Wildman–Crippen MR) is 67.8 cm³/mol. The van der Waals surface area contributed by atoms with E-state index >= 15 is 0 Å². The van der Waals surface area contributed by atoms with Crippen molar-refractivity contribution in [2.24, 2.45) is 0 Å². The van der Waals surface area contributed by atoms with E-state index in [1.807, 2.05) is 7.05 Å². The molecule has 90 valence electrons. The molecule has 16 heavy (non-hydrogen) atoms. The van der Waals surface area contributed by atoms with Crippen molar-refractivity contribution in [2.45, 2.75) is 57.4 Å². The Bertz CT molecular complexity index is 316. The van der Waals surface area contributed by atoms with Crippen molar-refractivity contribution >= 4 is 11.3 Å². The fourth-order valence-electron chi connectivity index (χ4n) is 2.24. The monoisotopic (exact) mass is 239 g/mol. The van der Waals surface area contributed by atoms with Crippen LogP contribution in [-0.4, -0.2) is 17.2 Å². The van der Waals surface area contributed by atoms with Gasteiger partial charge in [-0.2, -0.15) is 0 Å². The molecule has 1 saturated carbocycles. The minimum atomic E-state index is 0.331. The molecular formula is C12H21N3S. The van der Waals surface area contributed by atoms with Gasteiger partial charge in [0.25, 0.3) is 0 Å². The van der Waals surface area contributed by atoms with Crippen LogP contribution in [0.1, 0.15) is 67.4 Å². The topological polar surface area (TPSA) is 37.8 Å². The van der Waals surface area contributed by atoms with Crippen LogP contribution in [0.25, 0.3) is 0 Å². The van der Waals surface area contributed by atoms with Crippen molar-refractivity contribution in [3.63, 3.8) is 0 Å². The SMILES string of the molecule is CNC(C)c1nnc(C2CCCCCC2)s1. The summed E-state index contributed by atoms with van der Waals surface area (Å²) in [5, 5.41) is 14.3. The molecule has 1 fully saturated rings. The second kappa shape index (κ2) is 5.73. The van der Waals surface area contributed by atoms with E-state index in [0.29, 0.717) is 12.0 Å². The summed E-state index contributed by atoms with van der Waals surface area (Å²) in [4.78, 5) is 0. The Balaban J connectivity index is 2.05. The van der Waals surface area contributed by atoms with Crippen LogP contribution in [0.4, 0.5) is 0 Å². The molecule has 1 heterocycles. The normalized spacial score (nSPS) is 20.6. The van der Waals surface area contributed by atoms with Crippen LogP contribution in [0.15, 0.2) is 0 Å². The number of nitrogens with one attached hydrogen (secondary N) is 1. The number of hydrogen-bond donors (Lipinski definition) is 1. The molecule has 1 aliphatic rings. The number of nitrogens with zero attached hydrogens (tertiary/aromatic N) is 2. The van der Waals surface area contributed by atoms with E-state index in [9.17, 15) is 0 Å². The van der Waals surface area contributed by atoms with Gasteiger partial charge in [-0.15, -0.1) is 10.2 Å². The maximum atomic E-state index is 4.38. The van der Waals surface area contributed by atoms with Gasteiger partial charge in [-0.3, -0.25) is 0 Å². The molecule has 0 aromatic carbocycles. The van der Waals surface area contributed by atoms with Gasteiger partial charge in [0, 0.05) is 5.92 Å². The van der Waals surface area contributed by atoms with E-state index in [2.05, 4.69) is 22.4 Å². The third-order valence-corrected chi connectivity index (χ3v) is 4.73. The Morgan fingerprint density at radius 1 is 1.19 bits per heavy atom. The molecule has 1 N–H and O–H groups in total. The lowest BCUT2D eigenvalue weighted by molar-refractivity contribution is 0.582. The van der Waals surface area contributed by atoms with Gasteiger partial charge < -0.3 is 5.32 Å². The van der Waals surface area contributed by atoms with Gasteiger partial charge >= 0.3 is 0 Å². The third-order valence-electron chi connectivity index (χ3n) is 3.46. The van der Waals surface area contributed by atoms with E-state index in [0.717, 1.165) is 5.01 Å². The summed E-state index contributed by atoms with van der Waals surface area (Å²) in [5.74, 6) is 0.679. The minimum absolute atomic E-state index is 0.331. The molecule has 0 bridgehead atoms. The molecule has 0 radical (unpaired) electrons. The van der Waals surface area contributed by atoms with Gasteiger partial charge in [0.15, 0.2) is 0 Å². The molecule has 1 aromatic rings. The zero-order chi connectivity index (χ0) is 11.4. The molecule has 1 aromatic heterocycles. The molecular weight excluding hydrogens is 218 g/mol. The number of aromatic nitrogens is 2. The fourth-order valence-corrected chi connectivity index (χ4v) is 3.31. The highest BCUT2D eigenvalue weighted by Gasteiger charge is 2.19. The van der Waals surface area contributed by atoms with Crippen molar-refractivity contribution in [1.82, 2.24) is 15.5 Å². The van der Waals surface area contributed by atoms with Crippen LogP contribution in [-0.2, 0) is 0 Å². The highest BCUT2D eigenvalue weighted by Crippen LogP contribution is 2.34. The molecule has 3 nitrogen and oxygen atoms in total. The fraction of sp³-hybridized carbons (Fsp3) is 0.833. The lowest BCUT2D eigenvalue weighted by Crippen LogP contribution is -2.11. The van der Waals surface area contributed by atoms with Crippen molar-refractivity contribution in [3.05, 3.63) is 10.0 Å². The summed E-state index contributed by atoms with van der Waals surface area (Å²) in [5.41, 5.74) is 0. The highest BCUT2D eigenvalue weighted by molar-refractivity contribution is 7.11. The quantitative estimate of drug-likeness (QED) is 0.823. The van der Waals surface area contributed by atoms with Crippen LogP contribution in [0, 0.1) is 0 Å². The first-order chi connectivity index (χ1) is 7.81. The zero-order valence-electron chi connectivity index (χ0n) is 10.2. The molecule has 1 unspecified atom stereocenters. The molecule has 0 saturated heterocycles. The molecule has 0 aliphatic heterocycles. The Labute approximate surface area is 102 Å². The third kappa shape index (κ3) is 2.80. The highest BCUT2D eigenvalue weighted by atomic mass is 32.1. The standard InChI is InChI=1S/C12H21N3S/c1-9(13-2)11-14-15-12(16-11)10-7-5-3-4-6-8-10/h9-10,13H,3-8H2,1-2H3. The number of rotatable bonds is 3. The maximum Gasteiger partial charge on any atom is 0.134 e. The Kier molecular flexibility index (Phi) is 4.29. The van der Waals surface area contributed by atoms with E-state index in [-0.39, 0.29) is 0 Å². The first kappa shape index (κ1) is 12.0.